The Morgan fingerprint density at radius 3 is 2.65 bits per heavy atom. The van der Waals surface area contributed by atoms with Gasteiger partial charge in [-0.25, -0.2) is 4.98 Å². The topological polar surface area (TPSA) is 95.6 Å². The number of carbonyl (C=O) groups excluding carboxylic acids is 1. The van der Waals surface area contributed by atoms with Gasteiger partial charge in [0.2, 0.25) is 11.7 Å². The van der Waals surface area contributed by atoms with Crippen LogP contribution >= 0.6 is 0 Å². The number of aliphatic hydroxyl groups excluding tert-OH is 2. The van der Waals surface area contributed by atoms with Crippen molar-refractivity contribution in [3.8, 4) is 11.5 Å². The van der Waals surface area contributed by atoms with Crippen LogP contribution < -0.4 is 5.32 Å². The average molecular weight is 318 g/mol. The van der Waals surface area contributed by atoms with Crippen molar-refractivity contribution in [1.82, 2.24) is 10.3 Å². The van der Waals surface area contributed by atoms with Gasteiger partial charge in [-0.05, 0) is 25.5 Å². The first-order valence-corrected chi connectivity index (χ1v) is 7.69. The van der Waals surface area contributed by atoms with Gasteiger partial charge in [-0.2, -0.15) is 0 Å². The Bertz CT molecular complexity index is 639. The van der Waals surface area contributed by atoms with Crippen LogP contribution in [0.3, 0.4) is 0 Å². The van der Waals surface area contributed by atoms with Crippen LogP contribution in [0.4, 0.5) is 0 Å². The maximum absolute atomic E-state index is 12.3. The van der Waals surface area contributed by atoms with E-state index in [4.69, 9.17) is 4.42 Å². The van der Waals surface area contributed by atoms with E-state index in [0.717, 1.165) is 12.0 Å². The van der Waals surface area contributed by atoms with E-state index in [-0.39, 0.29) is 12.4 Å². The van der Waals surface area contributed by atoms with Crippen LogP contribution in [0.25, 0.3) is 11.5 Å². The quantitative estimate of drug-likeness (QED) is 0.724. The molecule has 1 heterocycles. The van der Waals surface area contributed by atoms with Crippen molar-refractivity contribution >= 4 is 5.91 Å². The standard InChI is InChI=1S/C17H22N2O4/c1-3-7-14(21)13(10-20)19-16(22)15-11(2)18-17(23-15)12-8-5-4-6-9-12/h4-6,8-9,13-14,20-21H,3,7,10H2,1-2H3,(H,19,22)/t13-,14-/m0/s1. The predicted octanol–water partition coefficient (Wildman–Crippen LogP) is 1.90. The van der Waals surface area contributed by atoms with Crippen molar-refractivity contribution < 1.29 is 19.4 Å². The Morgan fingerprint density at radius 1 is 1.35 bits per heavy atom. The molecule has 2 atom stereocenters. The second-order valence-electron chi connectivity index (χ2n) is 5.42. The number of benzene rings is 1. The van der Waals surface area contributed by atoms with Crippen molar-refractivity contribution in [3.05, 3.63) is 41.8 Å². The second-order valence-corrected chi connectivity index (χ2v) is 5.42. The molecule has 0 radical (unpaired) electrons. The number of aliphatic hydroxyl groups is 2. The minimum Gasteiger partial charge on any atom is -0.431 e. The van der Waals surface area contributed by atoms with E-state index in [1.54, 1.807) is 6.92 Å². The largest absolute Gasteiger partial charge is 0.431 e. The lowest BCUT2D eigenvalue weighted by Crippen LogP contribution is -2.45. The Hall–Kier alpha value is -2.18. The number of nitrogens with zero attached hydrogens (tertiary/aromatic N) is 1. The highest BCUT2D eigenvalue weighted by Crippen LogP contribution is 2.21. The molecule has 1 aromatic heterocycles. The van der Waals surface area contributed by atoms with Gasteiger partial charge in [-0.1, -0.05) is 31.5 Å². The highest BCUT2D eigenvalue weighted by molar-refractivity contribution is 5.93. The van der Waals surface area contributed by atoms with Crippen molar-refractivity contribution in [2.45, 2.75) is 38.8 Å². The van der Waals surface area contributed by atoms with Crippen LogP contribution in [0.2, 0.25) is 0 Å². The summed E-state index contributed by atoms with van der Waals surface area (Å²) in [5.74, 6) is -0.0414. The van der Waals surface area contributed by atoms with E-state index in [2.05, 4.69) is 10.3 Å². The molecule has 0 aliphatic heterocycles. The first-order valence-electron chi connectivity index (χ1n) is 7.69. The molecule has 124 valence electrons. The molecule has 1 amide bonds. The highest BCUT2D eigenvalue weighted by atomic mass is 16.4. The number of oxazole rings is 1. The number of carbonyl (C=O) groups is 1. The predicted molar refractivity (Wildman–Crippen MR) is 85.9 cm³/mol. The van der Waals surface area contributed by atoms with E-state index in [1.165, 1.54) is 0 Å². The lowest BCUT2D eigenvalue weighted by atomic mass is 10.1. The smallest absolute Gasteiger partial charge is 0.289 e. The number of rotatable bonds is 7. The van der Waals surface area contributed by atoms with Gasteiger partial charge in [0.15, 0.2) is 0 Å². The van der Waals surface area contributed by atoms with Gasteiger partial charge in [0.05, 0.1) is 24.4 Å². The van der Waals surface area contributed by atoms with Gasteiger partial charge in [-0.3, -0.25) is 4.79 Å². The first kappa shape index (κ1) is 17.2. The van der Waals surface area contributed by atoms with Crippen molar-refractivity contribution in [2.75, 3.05) is 6.61 Å². The molecule has 0 spiro atoms. The molecule has 0 bridgehead atoms. The number of aryl methyl sites for hydroxylation is 1. The number of nitrogens with one attached hydrogen (secondary N) is 1. The van der Waals surface area contributed by atoms with E-state index < -0.39 is 18.1 Å². The molecule has 0 saturated heterocycles. The third-order valence-corrected chi connectivity index (χ3v) is 3.59. The monoisotopic (exact) mass is 318 g/mol. The SMILES string of the molecule is CCC[C@H](O)[C@H](CO)NC(=O)c1oc(-c2ccccc2)nc1C. The van der Waals surface area contributed by atoms with Crippen molar-refractivity contribution in [2.24, 2.45) is 0 Å². The summed E-state index contributed by atoms with van der Waals surface area (Å²) in [4.78, 5) is 16.6. The summed E-state index contributed by atoms with van der Waals surface area (Å²) in [6.07, 6.45) is 0.453. The second kappa shape index (κ2) is 7.89. The van der Waals surface area contributed by atoms with Gasteiger partial charge in [0.1, 0.15) is 0 Å². The minimum absolute atomic E-state index is 0.0889. The molecule has 3 N–H and O–H groups in total. The molecule has 1 aromatic carbocycles. The van der Waals surface area contributed by atoms with Crippen molar-refractivity contribution in [1.29, 1.82) is 0 Å². The van der Waals surface area contributed by atoms with Gasteiger partial charge in [0.25, 0.3) is 5.91 Å². The third kappa shape index (κ3) is 4.18. The molecular weight excluding hydrogens is 296 g/mol. The fourth-order valence-corrected chi connectivity index (χ4v) is 2.31. The minimum atomic E-state index is -0.800. The van der Waals surface area contributed by atoms with Crippen LogP contribution in [0.15, 0.2) is 34.7 Å². The number of aromatic nitrogens is 1. The Kier molecular flexibility index (Phi) is 5.90. The summed E-state index contributed by atoms with van der Waals surface area (Å²) < 4.78 is 5.56. The van der Waals surface area contributed by atoms with E-state index in [1.807, 2.05) is 37.3 Å². The zero-order chi connectivity index (χ0) is 16.8. The lowest BCUT2D eigenvalue weighted by molar-refractivity contribution is 0.0652. The molecule has 23 heavy (non-hydrogen) atoms. The Morgan fingerprint density at radius 2 is 2.04 bits per heavy atom. The fraction of sp³-hybridized carbons (Fsp3) is 0.412. The van der Waals surface area contributed by atoms with Crippen LogP contribution in [0.1, 0.15) is 36.0 Å². The molecule has 6 nitrogen and oxygen atoms in total. The first-order chi connectivity index (χ1) is 11.1. The van der Waals surface area contributed by atoms with Crippen molar-refractivity contribution in [3.63, 3.8) is 0 Å². The van der Waals surface area contributed by atoms with E-state index in [9.17, 15) is 15.0 Å². The molecule has 0 saturated carbocycles. The van der Waals surface area contributed by atoms with Crippen LogP contribution in [0.5, 0.6) is 0 Å². The summed E-state index contributed by atoms with van der Waals surface area (Å²) >= 11 is 0. The molecule has 0 unspecified atom stereocenters. The molecule has 6 heteroatoms. The molecule has 0 aliphatic rings. The van der Waals surface area contributed by atoms with E-state index >= 15 is 0 Å². The highest BCUT2D eigenvalue weighted by Gasteiger charge is 2.24. The third-order valence-electron chi connectivity index (χ3n) is 3.59. The lowest BCUT2D eigenvalue weighted by Gasteiger charge is -2.21. The molecule has 2 aromatic rings. The van der Waals surface area contributed by atoms with Crippen LogP contribution in [-0.4, -0.2) is 39.9 Å². The van der Waals surface area contributed by atoms with Crippen LogP contribution in [-0.2, 0) is 0 Å². The van der Waals surface area contributed by atoms with Gasteiger partial charge < -0.3 is 19.9 Å². The summed E-state index contributed by atoms with van der Waals surface area (Å²) in [6.45, 7) is 3.26. The zero-order valence-electron chi connectivity index (χ0n) is 13.3. The van der Waals surface area contributed by atoms with E-state index in [0.29, 0.717) is 18.0 Å². The van der Waals surface area contributed by atoms with Gasteiger partial charge in [0, 0.05) is 5.56 Å². The Labute approximate surface area is 135 Å². The summed E-state index contributed by atoms with van der Waals surface area (Å²) in [6, 6.07) is 8.55. The Balaban J connectivity index is 2.15. The number of hydrogen-bond acceptors (Lipinski definition) is 5. The normalized spacial score (nSPS) is 13.6. The maximum atomic E-state index is 12.3. The molecular formula is C17H22N2O4. The molecule has 2 rings (SSSR count). The zero-order valence-corrected chi connectivity index (χ0v) is 13.3. The summed E-state index contributed by atoms with van der Waals surface area (Å²) in [5, 5.41) is 21.9. The summed E-state index contributed by atoms with van der Waals surface area (Å²) in [5.41, 5.74) is 1.24. The number of hydrogen-bond donors (Lipinski definition) is 3. The maximum Gasteiger partial charge on any atom is 0.289 e. The number of amides is 1. The van der Waals surface area contributed by atoms with Crippen LogP contribution in [0, 0.1) is 6.92 Å². The van der Waals surface area contributed by atoms with Gasteiger partial charge >= 0.3 is 0 Å². The average Bonchev–Trinajstić information content (AvgIpc) is 2.95. The van der Waals surface area contributed by atoms with Gasteiger partial charge in [-0.15, -0.1) is 0 Å². The fourth-order valence-electron chi connectivity index (χ4n) is 2.31. The molecule has 0 aliphatic carbocycles. The molecule has 0 fully saturated rings. The summed E-state index contributed by atoms with van der Waals surface area (Å²) in [7, 11) is 0.